The predicted molar refractivity (Wildman–Crippen MR) is 142 cm³/mol. The molecule has 3 amide bonds. The molecule has 10 heteroatoms. The van der Waals surface area contributed by atoms with Crippen LogP contribution in [0.4, 0.5) is 14.4 Å². The van der Waals surface area contributed by atoms with E-state index >= 15 is 0 Å². The predicted octanol–water partition coefficient (Wildman–Crippen LogP) is 4.77. The molecule has 0 spiro atoms. The lowest BCUT2D eigenvalue weighted by Gasteiger charge is -2.28. The molecule has 0 heterocycles. The molecule has 36 heavy (non-hydrogen) atoms. The van der Waals surface area contributed by atoms with Gasteiger partial charge in [0, 0.05) is 26.2 Å². The van der Waals surface area contributed by atoms with E-state index in [-0.39, 0.29) is 6.09 Å². The van der Waals surface area contributed by atoms with Gasteiger partial charge in [-0.3, -0.25) is 0 Å². The molecule has 0 aliphatic carbocycles. The van der Waals surface area contributed by atoms with Crippen molar-refractivity contribution in [2.75, 3.05) is 46.3 Å². The molecule has 0 unspecified atom stereocenters. The van der Waals surface area contributed by atoms with Gasteiger partial charge in [-0.05, 0) is 108 Å². The summed E-state index contributed by atoms with van der Waals surface area (Å²) < 4.78 is 16.0. The van der Waals surface area contributed by atoms with Crippen molar-refractivity contribution in [2.45, 2.75) is 105 Å². The van der Waals surface area contributed by atoms with E-state index in [0.717, 1.165) is 32.4 Å². The van der Waals surface area contributed by atoms with Crippen molar-refractivity contribution in [3.8, 4) is 0 Å². The summed E-state index contributed by atoms with van der Waals surface area (Å²) in [5, 5.41) is 5.50. The first-order valence-corrected chi connectivity index (χ1v) is 13.0. The lowest BCUT2D eigenvalue weighted by Crippen LogP contribution is -2.39. The third-order valence-electron chi connectivity index (χ3n) is 4.53. The van der Waals surface area contributed by atoms with Crippen LogP contribution in [0.15, 0.2) is 0 Å². The van der Waals surface area contributed by atoms with Crippen LogP contribution in [-0.4, -0.2) is 91.2 Å². The van der Waals surface area contributed by atoms with Crippen LogP contribution in [0.5, 0.6) is 0 Å². The fraction of sp³-hybridized carbons (Fsp3) is 0.885. The highest BCUT2D eigenvalue weighted by Gasteiger charge is 2.22. The van der Waals surface area contributed by atoms with Gasteiger partial charge in [0.05, 0.1) is 0 Å². The van der Waals surface area contributed by atoms with Crippen molar-refractivity contribution in [3.63, 3.8) is 0 Å². The smallest absolute Gasteiger partial charge is 0.410 e. The Morgan fingerprint density at radius 2 is 0.944 bits per heavy atom. The Morgan fingerprint density at radius 1 is 0.583 bits per heavy atom. The molecule has 0 rings (SSSR count). The maximum atomic E-state index is 12.7. The number of hydrogen-bond acceptors (Lipinski definition) is 7. The van der Waals surface area contributed by atoms with E-state index < -0.39 is 29.0 Å². The van der Waals surface area contributed by atoms with Gasteiger partial charge in [0.2, 0.25) is 0 Å². The van der Waals surface area contributed by atoms with E-state index in [2.05, 4.69) is 15.5 Å². The minimum atomic E-state index is -0.572. The first kappa shape index (κ1) is 33.8. The van der Waals surface area contributed by atoms with Crippen LogP contribution in [0.3, 0.4) is 0 Å². The number of unbranched alkanes of at least 4 members (excludes halogenated alkanes) is 1. The van der Waals surface area contributed by atoms with Gasteiger partial charge in [0.1, 0.15) is 16.8 Å². The van der Waals surface area contributed by atoms with Gasteiger partial charge >= 0.3 is 18.3 Å². The number of rotatable bonds is 13. The molecule has 0 aromatic carbocycles. The van der Waals surface area contributed by atoms with E-state index in [1.165, 1.54) is 0 Å². The normalized spacial score (nSPS) is 12.2. The van der Waals surface area contributed by atoms with Crippen molar-refractivity contribution in [2.24, 2.45) is 0 Å². The summed E-state index contributed by atoms with van der Waals surface area (Å²) in [5.74, 6) is 0. The molecule has 0 aliphatic heterocycles. The number of alkyl carbamates (subject to hydrolysis) is 2. The average Bonchev–Trinajstić information content (AvgIpc) is 2.65. The number of amides is 3. The molecule has 0 saturated carbocycles. The van der Waals surface area contributed by atoms with Gasteiger partial charge in [-0.25, -0.2) is 14.4 Å². The Labute approximate surface area is 218 Å². The van der Waals surface area contributed by atoms with Gasteiger partial charge in [0.25, 0.3) is 0 Å². The number of ether oxygens (including phenoxy) is 3. The van der Waals surface area contributed by atoms with Crippen molar-refractivity contribution >= 4 is 18.3 Å². The third kappa shape index (κ3) is 21.1. The highest BCUT2D eigenvalue weighted by Crippen LogP contribution is 2.12. The second-order valence-electron chi connectivity index (χ2n) is 12.0. The van der Waals surface area contributed by atoms with E-state index in [9.17, 15) is 14.4 Å². The minimum absolute atomic E-state index is 0.346. The van der Waals surface area contributed by atoms with Crippen molar-refractivity contribution in [1.82, 2.24) is 20.4 Å². The molecule has 0 radical (unpaired) electrons. The molecule has 0 atom stereocenters. The van der Waals surface area contributed by atoms with Crippen LogP contribution in [0.25, 0.3) is 0 Å². The minimum Gasteiger partial charge on any atom is -0.444 e. The van der Waals surface area contributed by atoms with E-state index in [4.69, 9.17) is 14.2 Å². The van der Waals surface area contributed by atoms with Gasteiger partial charge in [-0.2, -0.15) is 0 Å². The molecule has 0 saturated heterocycles. The maximum Gasteiger partial charge on any atom is 0.410 e. The van der Waals surface area contributed by atoms with E-state index in [0.29, 0.717) is 32.6 Å². The Bertz CT molecular complexity index is 665. The zero-order valence-corrected chi connectivity index (χ0v) is 24.4. The monoisotopic (exact) mass is 516 g/mol. The fourth-order valence-corrected chi connectivity index (χ4v) is 3.05. The zero-order valence-electron chi connectivity index (χ0n) is 24.4. The number of hydrogen-bond donors (Lipinski definition) is 2. The first-order chi connectivity index (χ1) is 16.4. The van der Waals surface area contributed by atoms with Gasteiger partial charge < -0.3 is 34.6 Å². The quantitative estimate of drug-likeness (QED) is 0.268. The summed E-state index contributed by atoms with van der Waals surface area (Å²) in [6, 6.07) is 0. The van der Waals surface area contributed by atoms with Crippen LogP contribution in [-0.2, 0) is 14.2 Å². The van der Waals surface area contributed by atoms with Crippen molar-refractivity contribution in [3.05, 3.63) is 0 Å². The Morgan fingerprint density at radius 3 is 1.39 bits per heavy atom. The second kappa shape index (κ2) is 15.8. The summed E-state index contributed by atoms with van der Waals surface area (Å²) >= 11 is 0. The van der Waals surface area contributed by atoms with Crippen molar-refractivity contribution in [1.29, 1.82) is 0 Å². The fourth-order valence-electron chi connectivity index (χ4n) is 3.05. The summed E-state index contributed by atoms with van der Waals surface area (Å²) in [6.45, 7) is 20.3. The summed E-state index contributed by atoms with van der Waals surface area (Å²) in [7, 11) is 2.04. The molecule has 0 aliphatic rings. The number of carbonyl (C=O) groups is 3. The third-order valence-corrected chi connectivity index (χ3v) is 4.53. The molecule has 0 bridgehead atoms. The average molecular weight is 517 g/mol. The molecular formula is C26H52N4O6. The van der Waals surface area contributed by atoms with Crippen LogP contribution < -0.4 is 10.6 Å². The lowest BCUT2D eigenvalue weighted by atomic mass is 10.2. The first-order valence-electron chi connectivity index (χ1n) is 13.0. The van der Waals surface area contributed by atoms with E-state index in [1.807, 2.05) is 69.4 Å². The molecule has 10 nitrogen and oxygen atoms in total. The molecule has 2 N–H and O–H groups in total. The zero-order chi connectivity index (χ0) is 28.0. The van der Waals surface area contributed by atoms with Crippen LogP contribution in [0, 0.1) is 0 Å². The summed E-state index contributed by atoms with van der Waals surface area (Å²) in [5.41, 5.74) is -1.62. The second-order valence-corrected chi connectivity index (χ2v) is 12.0. The number of carbonyl (C=O) groups excluding carboxylic acids is 3. The van der Waals surface area contributed by atoms with Crippen LogP contribution in [0.1, 0.15) is 88.0 Å². The molecular weight excluding hydrogens is 464 g/mol. The Balaban J connectivity index is 4.35. The lowest BCUT2D eigenvalue weighted by molar-refractivity contribution is 0.0243. The summed E-state index contributed by atoms with van der Waals surface area (Å²) in [4.78, 5) is 40.1. The SMILES string of the molecule is CN(CCCCN(CCCNC(=O)OC(C)(C)C)C(=O)OC(C)(C)C)CCCNC(=O)OC(C)(C)C. The van der Waals surface area contributed by atoms with E-state index in [1.54, 1.807) is 4.90 Å². The topological polar surface area (TPSA) is 109 Å². The molecule has 0 aromatic rings. The largest absolute Gasteiger partial charge is 0.444 e. The van der Waals surface area contributed by atoms with Crippen molar-refractivity contribution < 1.29 is 28.6 Å². The Kier molecular flexibility index (Phi) is 14.8. The molecule has 0 fully saturated rings. The number of nitrogens with zero attached hydrogens (tertiary/aromatic N) is 2. The summed E-state index contributed by atoms with van der Waals surface area (Å²) in [6.07, 6.45) is 1.98. The maximum absolute atomic E-state index is 12.7. The highest BCUT2D eigenvalue weighted by molar-refractivity contribution is 5.68. The van der Waals surface area contributed by atoms with Crippen LogP contribution in [0.2, 0.25) is 0 Å². The molecule has 0 aromatic heterocycles. The van der Waals surface area contributed by atoms with Gasteiger partial charge in [0.15, 0.2) is 0 Å². The molecule has 212 valence electrons. The van der Waals surface area contributed by atoms with Gasteiger partial charge in [-0.15, -0.1) is 0 Å². The van der Waals surface area contributed by atoms with Crippen LogP contribution >= 0.6 is 0 Å². The number of nitrogens with one attached hydrogen (secondary N) is 2. The van der Waals surface area contributed by atoms with Gasteiger partial charge in [-0.1, -0.05) is 0 Å². The Hall–Kier alpha value is -2.23. The standard InChI is InChI=1S/C26H52N4O6/c1-24(2,3)34-21(31)27-15-13-18-29(10)17-11-12-19-30(23(33)36-26(7,8)9)20-14-16-28-22(32)35-25(4,5)6/h11-20H2,1-10H3,(H,27,31)(H,28,32). The highest BCUT2D eigenvalue weighted by atomic mass is 16.6.